The predicted molar refractivity (Wildman–Crippen MR) is 57.0 cm³/mol. The maximum Gasteiger partial charge on any atom is 0.284 e. The molecular weight excluding hydrogens is 224 g/mol. The molecule has 0 aromatic carbocycles. The van der Waals surface area contributed by atoms with E-state index in [0.717, 1.165) is 0 Å². The Morgan fingerprint density at radius 2 is 2.53 bits per heavy atom. The molecule has 88 valence electrons. The fourth-order valence-corrected chi connectivity index (χ4v) is 2.14. The van der Waals surface area contributed by atoms with Crippen LogP contribution in [0.4, 0.5) is 5.82 Å². The quantitative estimate of drug-likeness (QED) is 0.558. The molecule has 0 bridgehead atoms. The minimum Gasteiger partial charge on any atom is -0.455 e. The first-order valence-electron chi connectivity index (χ1n) is 5.09. The van der Waals surface area contributed by atoms with Gasteiger partial charge >= 0.3 is 0 Å². The van der Waals surface area contributed by atoms with E-state index in [4.69, 9.17) is 15.7 Å². The van der Waals surface area contributed by atoms with Gasteiger partial charge in [0.05, 0.1) is 19.0 Å². The third kappa shape index (κ3) is 1.26. The lowest BCUT2D eigenvalue weighted by Crippen LogP contribution is -2.46. The molecular formula is C9H10N6O2. The lowest BCUT2D eigenvalue weighted by Gasteiger charge is -2.33. The molecule has 0 amide bonds. The number of anilines is 1. The first-order chi connectivity index (χ1) is 8.24. The Hall–Kier alpha value is -2.27. The lowest BCUT2D eigenvalue weighted by atomic mass is 10.1. The molecule has 0 saturated heterocycles. The van der Waals surface area contributed by atoms with Crippen molar-refractivity contribution < 1.29 is 9.84 Å². The highest BCUT2D eigenvalue weighted by Gasteiger charge is 2.43. The van der Waals surface area contributed by atoms with Gasteiger partial charge in [-0.2, -0.15) is 5.26 Å². The van der Waals surface area contributed by atoms with Crippen molar-refractivity contribution >= 4 is 11.8 Å². The largest absolute Gasteiger partial charge is 0.455 e. The Morgan fingerprint density at radius 1 is 1.71 bits per heavy atom. The number of ether oxygens (including phenoxy) is 1. The van der Waals surface area contributed by atoms with Crippen LogP contribution in [0, 0.1) is 11.3 Å². The Morgan fingerprint density at radius 3 is 3.24 bits per heavy atom. The van der Waals surface area contributed by atoms with Crippen LogP contribution >= 0.6 is 0 Å². The second kappa shape index (κ2) is 3.36. The van der Waals surface area contributed by atoms with Crippen molar-refractivity contribution in [3.05, 3.63) is 12.0 Å². The molecule has 2 aliphatic rings. The van der Waals surface area contributed by atoms with E-state index < -0.39 is 0 Å². The Balaban J connectivity index is 2.09. The van der Waals surface area contributed by atoms with Gasteiger partial charge in [-0.3, -0.25) is 4.57 Å². The van der Waals surface area contributed by atoms with Gasteiger partial charge in [0.25, 0.3) is 6.02 Å². The molecule has 3 rings (SSSR count). The van der Waals surface area contributed by atoms with E-state index in [1.807, 2.05) is 6.07 Å². The summed E-state index contributed by atoms with van der Waals surface area (Å²) >= 11 is 0. The third-order valence-corrected chi connectivity index (χ3v) is 2.91. The lowest BCUT2D eigenvalue weighted by molar-refractivity contribution is 0.100. The van der Waals surface area contributed by atoms with Crippen molar-refractivity contribution in [2.45, 2.75) is 18.3 Å². The molecule has 3 atom stereocenters. The Kier molecular flexibility index (Phi) is 1.96. The SMILES string of the molecule is N#Cc1ncn2c1N[C@@H](CO)[C@H]1OC(N)=N[C@@H]12. The van der Waals surface area contributed by atoms with Gasteiger partial charge in [0.15, 0.2) is 18.0 Å². The molecule has 0 fully saturated rings. The van der Waals surface area contributed by atoms with Crippen molar-refractivity contribution in [2.24, 2.45) is 10.7 Å². The fourth-order valence-electron chi connectivity index (χ4n) is 2.14. The first kappa shape index (κ1) is 9.92. The average molecular weight is 234 g/mol. The first-order valence-corrected chi connectivity index (χ1v) is 5.09. The van der Waals surface area contributed by atoms with Crippen molar-refractivity contribution in [3.63, 3.8) is 0 Å². The van der Waals surface area contributed by atoms with E-state index in [9.17, 15) is 5.11 Å². The number of amidine groups is 1. The maximum atomic E-state index is 9.30. The zero-order chi connectivity index (χ0) is 12.0. The molecule has 0 saturated carbocycles. The topological polar surface area (TPSA) is 121 Å². The smallest absolute Gasteiger partial charge is 0.284 e. The van der Waals surface area contributed by atoms with E-state index >= 15 is 0 Å². The van der Waals surface area contributed by atoms with Crippen LogP contribution in [-0.4, -0.2) is 39.4 Å². The van der Waals surface area contributed by atoms with Crippen LogP contribution in [0.2, 0.25) is 0 Å². The number of hydrogen-bond donors (Lipinski definition) is 3. The molecule has 8 heteroatoms. The molecule has 1 aromatic heterocycles. The number of fused-ring (bicyclic) bond motifs is 3. The maximum absolute atomic E-state index is 9.30. The molecule has 0 spiro atoms. The highest BCUT2D eigenvalue weighted by molar-refractivity contribution is 5.74. The number of nitrogens with two attached hydrogens (primary N) is 1. The molecule has 3 heterocycles. The number of hydrogen-bond acceptors (Lipinski definition) is 7. The summed E-state index contributed by atoms with van der Waals surface area (Å²) in [6.45, 7) is -0.139. The summed E-state index contributed by atoms with van der Waals surface area (Å²) < 4.78 is 7.03. The monoisotopic (exact) mass is 234 g/mol. The van der Waals surface area contributed by atoms with Crippen molar-refractivity contribution in [1.29, 1.82) is 5.26 Å². The van der Waals surface area contributed by atoms with Crippen LogP contribution in [0.15, 0.2) is 11.3 Å². The van der Waals surface area contributed by atoms with E-state index in [1.54, 1.807) is 4.57 Å². The molecule has 8 nitrogen and oxygen atoms in total. The minimum atomic E-state index is -0.381. The number of aliphatic hydroxyl groups is 1. The molecule has 0 aliphatic carbocycles. The van der Waals surface area contributed by atoms with E-state index in [-0.39, 0.29) is 36.6 Å². The summed E-state index contributed by atoms with van der Waals surface area (Å²) in [6.07, 6.45) is 0.753. The number of nitrogens with zero attached hydrogens (tertiary/aromatic N) is 4. The van der Waals surface area contributed by atoms with Gasteiger partial charge in [0, 0.05) is 0 Å². The summed E-state index contributed by atoms with van der Waals surface area (Å²) in [5.41, 5.74) is 5.79. The second-order valence-corrected chi connectivity index (χ2v) is 3.86. The molecule has 1 aromatic rings. The van der Waals surface area contributed by atoms with Gasteiger partial charge in [-0.05, 0) is 0 Å². The van der Waals surface area contributed by atoms with Gasteiger partial charge in [-0.25, -0.2) is 9.98 Å². The van der Waals surface area contributed by atoms with Gasteiger partial charge in [-0.1, -0.05) is 0 Å². The standard InChI is InChI=1S/C9H10N6O2/c10-1-4-7-13-5(2-16)6-8(14-9(11)17-6)15(7)3-12-4/h3,5-6,8,13,16H,2H2,(H2,11,14)/t5-,6+,8+/m0/s1. The number of rotatable bonds is 1. The highest BCUT2D eigenvalue weighted by atomic mass is 16.5. The number of imidazole rings is 1. The number of nitriles is 1. The molecule has 2 aliphatic heterocycles. The van der Waals surface area contributed by atoms with Crippen molar-refractivity contribution in [3.8, 4) is 6.07 Å². The summed E-state index contributed by atoms with van der Waals surface area (Å²) in [5, 5.41) is 21.2. The van der Waals surface area contributed by atoms with Crippen molar-refractivity contribution in [1.82, 2.24) is 9.55 Å². The van der Waals surface area contributed by atoms with E-state index in [2.05, 4.69) is 15.3 Å². The Bertz CT molecular complexity index is 530. The van der Waals surface area contributed by atoms with E-state index in [0.29, 0.717) is 5.82 Å². The zero-order valence-corrected chi connectivity index (χ0v) is 8.74. The molecule has 17 heavy (non-hydrogen) atoms. The number of nitrogens with one attached hydrogen (secondary N) is 1. The van der Waals surface area contributed by atoms with Gasteiger partial charge in [0.1, 0.15) is 11.9 Å². The van der Waals surface area contributed by atoms with Gasteiger partial charge in [-0.15, -0.1) is 0 Å². The second-order valence-electron chi connectivity index (χ2n) is 3.86. The van der Waals surface area contributed by atoms with Crippen LogP contribution in [0.25, 0.3) is 0 Å². The third-order valence-electron chi connectivity index (χ3n) is 2.91. The molecule has 4 N–H and O–H groups in total. The highest BCUT2D eigenvalue weighted by Crippen LogP contribution is 2.35. The fraction of sp³-hybridized carbons (Fsp3) is 0.444. The number of aromatic nitrogens is 2. The summed E-state index contributed by atoms with van der Waals surface area (Å²) in [7, 11) is 0. The number of aliphatic hydroxyl groups excluding tert-OH is 1. The normalized spacial score (nSPS) is 29.4. The van der Waals surface area contributed by atoms with Crippen LogP contribution in [0.3, 0.4) is 0 Å². The van der Waals surface area contributed by atoms with E-state index in [1.165, 1.54) is 6.33 Å². The minimum absolute atomic E-state index is 0.0836. The van der Waals surface area contributed by atoms with Gasteiger partial charge in [0.2, 0.25) is 0 Å². The van der Waals surface area contributed by atoms with Crippen LogP contribution in [0.1, 0.15) is 11.9 Å². The summed E-state index contributed by atoms with van der Waals surface area (Å²) in [6, 6.07) is 1.70. The van der Waals surface area contributed by atoms with Crippen LogP contribution in [0.5, 0.6) is 0 Å². The Labute approximate surface area is 96.3 Å². The zero-order valence-electron chi connectivity index (χ0n) is 8.74. The van der Waals surface area contributed by atoms with Gasteiger partial charge < -0.3 is 20.9 Å². The van der Waals surface area contributed by atoms with Crippen molar-refractivity contribution in [2.75, 3.05) is 11.9 Å². The van der Waals surface area contributed by atoms with Crippen LogP contribution < -0.4 is 11.1 Å². The summed E-state index contributed by atoms with van der Waals surface area (Å²) in [4.78, 5) is 8.09. The van der Waals surface area contributed by atoms with Crippen LogP contribution in [-0.2, 0) is 4.74 Å². The molecule has 0 radical (unpaired) electrons. The number of aliphatic imine (C=N–C) groups is 1. The summed E-state index contributed by atoms with van der Waals surface area (Å²) in [5.74, 6) is 0.537. The predicted octanol–water partition coefficient (Wildman–Crippen LogP) is -1.25. The molecule has 0 unspecified atom stereocenters. The average Bonchev–Trinajstić information content (AvgIpc) is 2.89.